The van der Waals surface area contributed by atoms with Crippen molar-refractivity contribution < 1.29 is 4.28 Å². The number of nitrogens with two attached hydrogens (primary N) is 5. The number of hydrazine groups is 1. The molecule has 1 fully saturated rings. The van der Waals surface area contributed by atoms with E-state index in [0.29, 0.717) is 6.54 Å². The number of hydrogen-bond donors (Lipinski definition) is 7. The Kier molecular flexibility index (Phi) is 10.1. The molecule has 1 saturated heterocycles. The molecule has 12 N–H and O–H groups in total. The maximum atomic E-state index is 6.32. The molecular formula is C16H32N10OS2. The lowest BCUT2D eigenvalue weighted by Crippen LogP contribution is -2.41. The Bertz CT molecular complexity index is 669. The van der Waals surface area contributed by atoms with E-state index in [4.69, 9.17) is 33.2 Å². The van der Waals surface area contributed by atoms with Gasteiger partial charge < -0.3 is 22.1 Å². The molecule has 1 aliphatic heterocycles. The first-order chi connectivity index (χ1) is 14.0. The molecule has 0 spiro atoms. The average molecular weight is 445 g/mol. The molecule has 0 atom stereocenters. The highest BCUT2D eigenvalue weighted by molar-refractivity contribution is 7.98. The SMILES string of the molecule is CN(SON)c1c(SNCCCN)ccc(N2CCC(N)CC2)c1/C(N)=N/NN. The molecule has 1 heterocycles. The first kappa shape index (κ1) is 23.8. The third-order valence-electron chi connectivity index (χ3n) is 4.58. The molecule has 0 aliphatic carbocycles. The molecule has 164 valence electrons. The van der Waals surface area contributed by atoms with E-state index in [1.165, 1.54) is 11.9 Å². The van der Waals surface area contributed by atoms with Crippen LogP contribution in [0, 0.1) is 0 Å². The second kappa shape index (κ2) is 12.3. The van der Waals surface area contributed by atoms with Gasteiger partial charge in [0, 0.05) is 43.3 Å². The zero-order valence-electron chi connectivity index (χ0n) is 16.6. The first-order valence-electron chi connectivity index (χ1n) is 9.37. The zero-order chi connectivity index (χ0) is 21.2. The summed E-state index contributed by atoms with van der Waals surface area (Å²) in [5, 5.41) is 4.04. The van der Waals surface area contributed by atoms with Gasteiger partial charge in [-0.05, 0) is 49.9 Å². The number of anilines is 2. The third-order valence-corrected chi connectivity index (χ3v) is 5.97. The van der Waals surface area contributed by atoms with Gasteiger partial charge in [-0.25, -0.2) is 21.6 Å². The molecule has 0 bridgehead atoms. The highest BCUT2D eigenvalue weighted by Crippen LogP contribution is 2.40. The van der Waals surface area contributed by atoms with Crippen LogP contribution < -0.4 is 48.4 Å². The Morgan fingerprint density at radius 1 is 1.38 bits per heavy atom. The van der Waals surface area contributed by atoms with Crippen molar-refractivity contribution in [2.24, 2.45) is 34.0 Å². The van der Waals surface area contributed by atoms with Crippen molar-refractivity contribution in [3.63, 3.8) is 0 Å². The number of benzene rings is 1. The van der Waals surface area contributed by atoms with E-state index in [1.54, 1.807) is 4.31 Å². The van der Waals surface area contributed by atoms with Crippen molar-refractivity contribution in [1.29, 1.82) is 0 Å². The fraction of sp³-hybridized carbons (Fsp3) is 0.562. The highest BCUT2D eigenvalue weighted by atomic mass is 32.2. The van der Waals surface area contributed by atoms with Gasteiger partial charge in [-0.15, -0.1) is 5.10 Å². The van der Waals surface area contributed by atoms with Crippen molar-refractivity contribution >= 4 is 41.4 Å². The van der Waals surface area contributed by atoms with Gasteiger partial charge in [-0.1, -0.05) is 0 Å². The standard InChI is InChI=1S/C16H32N10OS2/c1-25(29-27-21)15-13(28-22-8-2-7-17)4-3-12(14(15)16(19)23-24-20)26-9-5-11(18)6-10-26/h3-4,11,22,24H,2,5-10,17-18,20-21H2,1H3,(H2,19,23). The van der Waals surface area contributed by atoms with Crippen molar-refractivity contribution in [3.05, 3.63) is 17.7 Å². The Hall–Kier alpha value is -1.45. The van der Waals surface area contributed by atoms with E-state index in [9.17, 15) is 0 Å². The van der Waals surface area contributed by atoms with E-state index in [1.807, 2.05) is 19.2 Å². The molecule has 11 nitrogen and oxygen atoms in total. The Balaban J connectivity index is 2.50. The van der Waals surface area contributed by atoms with Crippen LogP contribution in [0.2, 0.25) is 0 Å². The van der Waals surface area contributed by atoms with Crippen molar-refractivity contribution in [3.8, 4) is 0 Å². The summed E-state index contributed by atoms with van der Waals surface area (Å²) in [5.41, 5.74) is 22.8. The van der Waals surface area contributed by atoms with Gasteiger partial charge in [0.2, 0.25) is 0 Å². The second-order valence-electron chi connectivity index (χ2n) is 6.56. The van der Waals surface area contributed by atoms with Gasteiger partial charge in [-0.2, -0.15) is 0 Å². The number of hydrogen-bond acceptors (Lipinski definition) is 12. The maximum Gasteiger partial charge on any atom is 0.156 e. The van der Waals surface area contributed by atoms with Gasteiger partial charge >= 0.3 is 0 Å². The van der Waals surface area contributed by atoms with Crippen molar-refractivity contribution in [1.82, 2.24) is 10.3 Å². The lowest BCUT2D eigenvalue weighted by atomic mass is 10.0. The van der Waals surface area contributed by atoms with Crippen LogP contribution in [-0.2, 0) is 4.28 Å². The average Bonchev–Trinajstić information content (AvgIpc) is 2.71. The summed E-state index contributed by atoms with van der Waals surface area (Å²) >= 11 is 2.49. The van der Waals surface area contributed by atoms with Crippen molar-refractivity contribution in [2.45, 2.75) is 30.2 Å². The fourth-order valence-corrected chi connectivity index (χ4v) is 4.47. The minimum atomic E-state index is 0.219. The van der Waals surface area contributed by atoms with Gasteiger partial charge in [0.1, 0.15) is 12.2 Å². The molecule has 1 aromatic carbocycles. The van der Waals surface area contributed by atoms with E-state index in [0.717, 1.165) is 73.0 Å². The molecule has 0 amide bonds. The number of hydrazone groups is 1. The molecular weight excluding hydrogens is 412 g/mol. The summed E-state index contributed by atoms with van der Waals surface area (Å²) in [6.45, 7) is 3.07. The van der Waals surface area contributed by atoms with Crippen LogP contribution in [0.4, 0.5) is 11.4 Å². The van der Waals surface area contributed by atoms with E-state index in [2.05, 4.69) is 20.3 Å². The van der Waals surface area contributed by atoms with Gasteiger partial charge in [0.25, 0.3) is 0 Å². The topological polar surface area (TPSA) is 182 Å². The largest absolute Gasteiger partial charge is 0.382 e. The highest BCUT2D eigenvalue weighted by Gasteiger charge is 2.26. The molecule has 2 rings (SSSR count). The summed E-state index contributed by atoms with van der Waals surface area (Å²) < 4.78 is 9.92. The quantitative estimate of drug-likeness (QED) is 0.0444. The molecule has 1 aromatic rings. The minimum Gasteiger partial charge on any atom is -0.382 e. The predicted molar refractivity (Wildman–Crippen MR) is 123 cm³/mol. The maximum absolute atomic E-state index is 6.32. The summed E-state index contributed by atoms with van der Waals surface area (Å²) in [7, 11) is 1.85. The normalized spacial score (nSPS) is 15.6. The zero-order valence-corrected chi connectivity index (χ0v) is 18.3. The molecule has 13 heteroatoms. The summed E-state index contributed by atoms with van der Waals surface area (Å²) in [5.74, 6) is 11.0. The predicted octanol–water partition coefficient (Wildman–Crippen LogP) is -0.467. The minimum absolute atomic E-state index is 0.219. The molecule has 0 radical (unpaired) electrons. The van der Waals surface area contributed by atoms with Crippen LogP contribution in [0.5, 0.6) is 0 Å². The number of rotatable bonds is 11. The summed E-state index contributed by atoms with van der Waals surface area (Å²) in [6, 6.07) is 4.31. The number of amidine groups is 1. The summed E-state index contributed by atoms with van der Waals surface area (Å²) in [4.78, 5) is 3.20. The van der Waals surface area contributed by atoms with Crippen LogP contribution >= 0.6 is 24.2 Å². The monoisotopic (exact) mass is 444 g/mol. The number of nitrogens with one attached hydrogen (secondary N) is 2. The van der Waals surface area contributed by atoms with Crippen LogP contribution in [0.25, 0.3) is 0 Å². The summed E-state index contributed by atoms with van der Waals surface area (Å²) in [6.07, 6.45) is 2.70. The molecule has 29 heavy (non-hydrogen) atoms. The molecule has 0 unspecified atom stereocenters. The van der Waals surface area contributed by atoms with Crippen molar-refractivity contribution in [2.75, 3.05) is 42.4 Å². The smallest absolute Gasteiger partial charge is 0.156 e. The Labute approximate surface area is 180 Å². The third kappa shape index (κ3) is 6.52. The van der Waals surface area contributed by atoms with E-state index >= 15 is 0 Å². The van der Waals surface area contributed by atoms with Crippen LogP contribution in [0.3, 0.4) is 0 Å². The fourth-order valence-electron chi connectivity index (χ4n) is 3.14. The number of piperidine rings is 1. The lowest BCUT2D eigenvalue weighted by Gasteiger charge is -2.35. The molecule has 0 saturated carbocycles. The van der Waals surface area contributed by atoms with Gasteiger partial charge in [0.15, 0.2) is 5.84 Å². The van der Waals surface area contributed by atoms with E-state index < -0.39 is 0 Å². The van der Waals surface area contributed by atoms with E-state index in [-0.39, 0.29) is 11.9 Å². The lowest BCUT2D eigenvalue weighted by molar-refractivity contribution is 0.397. The molecule has 1 aliphatic rings. The van der Waals surface area contributed by atoms with Crippen LogP contribution in [0.15, 0.2) is 22.1 Å². The van der Waals surface area contributed by atoms with Crippen LogP contribution in [0.1, 0.15) is 24.8 Å². The Morgan fingerprint density at radius 2 is 2.10 bits per heavy atom. The van der Waals surface area contributed by atoms with Gasteiger partial charge in [0.05, 0.1) is 11.3 Å². The Morgan fingerprint density at radius 3 is 2.72 bits per heavy atom. The van der Waals surface area contributed by atoms with Crippen LogP contribution in [-0.4, -0.2) is 45.1 Å². The van der Waals surface area contributed by atoms with Gasteiger partial charge in [-0.3, -0.25) is 9.03 Å². The number of nitrogens with zero attached hydrogens (tertiary/aromatic N) is 3. The molecule has 0 aromatic heterocycles. The second-order valence-corrected chi connectivity index (χ2v) is 8.39. The first-order valence-corrected chi connectivity index (χ1v) is 10.9.